The van der Waals surface area contributed by atoms with Crippen LogP contribution < -0.4 is 10.1 Å². The highest BCUT2D eigenvalue weighted by Crippen LogP contribution is 2.35. The van der Waals surface area contributed by atoms with Crippen LogP contribution >= 0.6 is 0 Å². The van der Waals surface area contributed by atoms with Crippen molar-refractivity contribution in [2.75, 3.05) is 0 Å². The molecule has 0 bridgehead atoms. The molecule has 0 saturated heterocycles. The van der Waals surface area contributed by atoms with E-state index in [4.69, 9.17) is 4.74 Å². The van der Waals surface area contributed by atoms with E-state index < -0.39 is 41.5 Å². The second-order valence-electron chi connectivity index (χ2n) is 8.08. The standard InChI is InChI=1S/C24H23F4N3O4/c1-12-10-14(8-9-17(12)23(33)34)13(2)29-21(32)18-19(20(25)26)30-31(4)22(18)35-16-7-5-6-15(11-16)24(3,27)28/h5-11,13,20H,1-4H3,(H,29,32)(H,33,34). The lowest BCUT2D eigenvalue weighted by Gasteiger charge is -2.17. The third-order valence-corrected chi connectivity index (χ3v) is 5.34. The number of aryl methyl sites for hydroxylation is 2. The Hall–Kier alpha value is -3.89. The zero-order valence-electron chi connectivity index (χ0n) is 19.3. The number of nitrogens with one attached hydrogen (secondary N) is 1. The fourth-order valence-electron chi connectivity index (χ4n) is 3.50. The van der Waals surface area contributed by atoms with Crippen molar-refractivity contribution in [3.8, 4) is 11.6 Å². The van der Waals surface area contributed by atoms with Gasteiger partial charge in [0.1, 0.15) is 17.0 Å². The van der Waals surface area contributed by atoms with E-state index in [9.17, 15) is 32.3 Å². The summed E-state index contributed by atoms with van der Waals surface area (Å²) in [6, 6.07) is 8.67. The Labute approximate surface area is 198 Å². The topological polar surface area (TPSA) is 93.5 Å². The summed E-state index contributed by atoms with van der Waals surface area (Å²) in [5.41, 5.74) is -0.629. The molecule has 0 aliphatic carbocycles. The minimum Gasteiger partial charge on any atom is -0.478 e. The van der Waals surface area contributed by atoms with Crippen LogP contribution in [0.25, 0.3) is 0 Å². The number of benzene rings is 2. The van der Waals surface area contributed by atoms with Crippen LogP contribution in [0.3, 0.4) is 0 Å². The van der Waals surface area contributed by atoms with E-state index >= 15 is 0 Å². The van der Waals surface area contributed by atoms with Crippen LogP contribution in [0.2, 0.25) is 0 Å². The van der Waals surface area contributed by atoms with Gasteiger partial charge in [-0.2, -0.15) is 5.10 Å². The molecule has 7 nitrogen and oxygen atoms in total. The summed E-state index contributed by atoms with van der Waals surface area (Å²) in [5, 5.41) is 15.5. The van der Waals surface area contributed by atoms with Crippen LogP contribution in [0.1, 0.15) is 69.4 Å². The number of carbonyl (C=O) groups excluding carboxylic acids is 1. The first-order chi connectivity index (χ1) is 16.3. The Balaban J connectivity index is 1.94. The number of ether oxygens (including phenoxy) is 1. The van der Waals surface area contributed by atoms with Crippen molar-refractivity contribution in [2.45, 2.75) is 39.2 Å². The van der Waals surface area contributed by atoms with E-state index in [0.29, 0.717) is 18.1 Å². The molecular formula is C24H23F4N3O4. The Morgan fingerprint density at radius 2 is 1.86 bits per heavy atom. The van der Waals surface area contributed by atoms with Crippen molar-refractivity contribution < 1.29 is 37.0 Å². The fraction of sp³-hybridized carbons (Fsp3) is 0.292. The second-order valence-corrected chi connectivity index (χ2v) is 8.08. The smallest absolute Gasteiger partial charge is 0.335 e. The van der Waals surface area contributed by atoms with Gasteiger partial charge >= 0.3 is 5.97 Å². The number of amides is 1. The lowest BCUT2D eigenvalue weighted by molar-refractivity contribution is 0.0172. The molecule has 2 aromatic carbocycles. The molecule has 1 unspecified atom stereocenters. The van der Waals surface area contributed by atoms with Crippen LogP contribution in [0.15, 0.2) is 42.5 Å². The number of hydrogen-bond donors (Lipinski definition) is 2. The summed E-state index contributed by atoms with van der Waals surface area (Å²) in [7, 11) is 1.29. The molecule has 11 heteroatoms. The lowest BCUT2D eigenvalue weighted by Crippen LogP contribution is -2.28. The van der Waals surface area contributed by atoms with Crippen molar-refractivity contribution in [3.05, 3.63) is 76.0 Å². The highest BCUT2D eigenvalue weighted by atomic mass is 19.3. The number of carboxylic acid groups (broad SMARTS) is 1. The summed E-state index contributed by atoms with van der Waals surface area (Å²) in [4.78, 5) is 24.3. The predicted octanol–water partition coefficient (Wildman–Crippen LogP) is 5.76. The maximum atomic E-state index is 13.7. The van der Waals surface area contributed by atoms with E-state index in [1.54, 1.807) is 19.9 Å². The molecule has 0 aliphatic rings. The normalized spacial score (nSPS) is 12.5. The van der Waals surface area contributed by atoms with Gasteiger partial charge in [0.05, 0.1) is 11.6 Å². The van der Waals surface area contributed by atoms with Gasteiger partial charge in [-0.15, -0.1) is 0 Å². The summed E-state index contributed by atoms with van der Waals surface area (Å²) in [6.07, 6.45) is -3.11. The van der Waals surface area contributed by atoms with Gasteiger partial charge < -0.3 is 15.2 Å². The third kappa shape index (κ3) is 5.61. The molecule has 1 amide bonds. The minimum atomic E-state index is -3.16. The SMILES string of the molecule is Cc1cc(C(C)NC(=O)c2c(C(F)F)nn(C)c2Oc2cccc(C(C)(F)F)c2)ccc1C(=O)O. The number of nitrogens with zero attached hydrogens (tertiary/aromatic N) is 2. The van der Waals surface area contributed by atoms with E-state index in [1.807, 2.05) is 0 Å². The van der Waals surface area contributed by atoms with E-state index in [-0.39, 0.29) is 22.8 Å². The van der Waals surface area contributed by atoms with Crippen LogP contribution in [-0.4, -0.2) is 26.8 Å². The molecule has 0 radical (unpaired) electrons. The zero-order valence-corrected chi connectivity index (χ0v) is 19.3. The van der Waals surface area contributed by atoms with Crippen molar-refractivity contribution in [1.29, 1.82) is 0 Å². The highest BCUT2D eigenvalue weighted by molar-refractivity contribution is 5.98. The quantitative estimate of drug-likeness (QED) is 0.389. The van der Waals surface area contributed by atoms with Gasteiger partial charge in [-0.3, -0.25) is 4.79 Å². The van der Waals surface area contributed by atoms with Gasteiger partial charge in [-0.25, -0.2) is 27.0 Å². The predicted molar refractivity (Wildman–Crippen MR) is 118 cm³/mol. The van der Waals surface area contributed by atoms with Crippen molar-refractivity contribution in [1.82, 2.24) is 15.1 Å². The number of carboxylic acids is 1. The van der Waals surface area contributed by atoms with E-state index in [1.165, 1.54) is 37.4 Å². The Bertz CT molecular complexity index is 1270. The molecule has 35 heavy (non-hydrogen) atoms. The van der Waals surface area contributed by atoms with Gasteiger partial charge in [0.2, 0.25) is 5.88 Å². The number of halogens is 4. The van der Waals surface area contributed by atoms with Crippen LogP contribution in [0.4, 0.5) is 17.6 Å². The monoisotopic (exact) mass is 493 g/mol. The van der Waals surface area contributed by atoms with Gasteiger partial charge in [0.15, 0.2) is 0 Å². The van der Waals surface area contributed by atoms with Gasteiger partial charge in [0.25, 0.3) is 18.3 Å². The minimum absolute atomic E-state index is 0.0881. The van der Waals surface area contributed by atoms with Crippen LogP contribution in [-0.2, 0) is 13.0 Å². The van der Waals surface area contributed by atoms with Crippen molar-refractivity contribution in [2.24, 2.45) is 7.05 Å². The molecule has 3 aromatic rings. The molecule has 3 rings (SSSR count). The van der Waals surface area contributed by atoms with Gasteiger partial charge in [-0.05, 0) is 43.2 Å². The first-order valence-corrected chi connectivity index (χ1v) is 10.5. The van der Waals surface area contributed by atoms with Crippen LogP contribution in [0.5, 0.6) is 11.6 Å². The van der Waals surface area contributed by atoms with Crippen molar-refractivity contribution >= 4 is 11.9 Å². The molecule has 1 heterocycles. The summed E-state index contributed by atoms with van der Waals surface area (Å²) in [5.74, 6) is -5.62. The largest absolute Gasteiger partial charge is 0.478 e. The maximum Gasteiger partial charge on any atom is 0.335 e. The average molecular weight is 493 g/mol. The van der Waals surface area contributed by atoms with E-state index in [2.05, 4.69) is 10.4 Å². The Morgan fingerprint density at radius 3 is 2.43 bits per heavy atom. The number of rotatable bonds is 8. The molecule has 1 aromatic heterocycles. The molecule has 0 aliphatic heterocycles. The number of aromatic carboxylic acids is 1. The number of hydrogen-bond acceptors (Lipinski definition) is 4. The molecule has 0 saturated carbocycles. The number of carbonyl (C=O) groups is 2. The summed E-state index contributed by atoms with van der Waals surface area (Å²) < 4.78 is 61.3. The molecule has 186 valence electrons. The zero-order chi connectivity index (χ0) is 26.1. The first kappa shape index (κ1) is 25.7. The lowest BCUT2D eigenvalue weighted by atomic mass is 10.0. The third-order valence-electron chi connectivity index (χ3n) is 5.34. The summed E-state index contributed by atoms with van der Waals surface area (Å²) >= 11 is 0. The molecule has 1 atom stereocenters. The maximum absolute atomic E-state index is 13.7. The first-order valence-electron chi connectivity index (χ1n) is 10.5. The highest BCUT2D eigenvalue weighted by Gasteiger charge is 2.31. The molecule has 0 spiro atoms. The summed E-state index contributed by atoms with van der Waals surface area (Å²) in [6.45, 7) is 3.90. The van der Waals surface area contributed by atoms with Crippen molar-refractivity contribution in [3.63, 3.8) is 0 Å². The Morgan fingerprint density at radius 1 is 1.17 bits per heavy atom. The second kappa shape index (κ2) is 9.77. The van der Waals surface area contributed by atoms with E-state index in [0.717, 1.165) is 10.7 Å². The number of alkyl halides is 4. The van der Waals surface area contributed by atoms with Gasteiger partial charge in [-0.1, -0.05) is 24.3 Å². The average Bonchev–Trinajstić information content (AvgIpc) is 3.09. The molecule has 2 N–H and O–H groups in total. The van der Waals surface area contributed by atoms with Crippen LogP contribution in [0, 0.1) is 6.92 Å². The van der Waals surface area contributed by atoms with Gasteiger partial charge in [0, 0.05) is 19.5 Å². The number of aromatic nitrogens is 2. The Kier molecular flexibility index (Phi) is 7.18. The fourth-order valence-corrected chi connectivity index (χ4v) is 3.50. The molecular weight excluding hydrogens is 470 g/mol. The molecule has 0 fully saturated rings.